The van der Waals surface area contributed by atoms with Gasteiger partial charge in [-0.2, -0.15) is 5.26 Å². The predicted molar refractivity (Wildman–Crippen MR) is 78.5 cm³/mol. The molecule has 104 valence electrons. The van der Waals surface area contributed by atoms with E-state index in [1.807, 2.05) is 6.07 Å². The fourth-order valence-corrected chi connectivity index (χ4v) is 2.54. The van der Waals surface area contributed by atoms with E-state index in [1.165, 1.54) is 10.9 Å². The number of aryl methyl sites for hydroxylation is 1. The van der Waals surface area contributed by atoms with Crippen LogP contribution in [0.15, 0.2) is 33.9 Å². The highest BCUT2D eigenvalue weighted by molar-refractivity contribution is 9.10. The average Bonchev–Trinajstić information content (AvgIpc) is 2.81. The Morgan fingerprint density at radius 2 is 2.24 bits per heavy atom. The van der Waals surface area contributed by atoms with Crippen molar-refractivity contribution in [3.63, 3.8) is 0 Å². The van der Waals surface area contributed by atoms with Crippen molar-refractivity contribution in [3.05, 3.63) is 50.7 Å². The fraction of sp³-hybridized carbons (Fsp3) is 0.154. The third kappa shape index (κ3) is 2.21. The molecule has 0 radical (unpaired) electrons. The van der Waals surface area contributed by atoms with E-state index in [4.69, 9.17) is 5.26 Å². The number of nitrogens with zero attached hydrogens (tertiary/aromatic N) is 6. The van der Waals surface area contributed by atoms with E-state index < -0.39 is 0 Å². The highest BCUT2D eigenvalue weighted by atomic mass is 79.9. The van der Waals surface area contributed by atoms with Crippen LogP contribution in [0, 0.1) is 11.3 Å². The Morgan fingerprint density at radius 1 is 1.43 bits per heavy atom. The lowest BCUT2D eigenvalue weighted by Crippen LogP contribution is -2.23. The number of halogens is 1. The molecule has 0 amide bonds. The first-order valence-electron chi connectivity index (χ1n) is 6.04. The molecule has 0 fully saturated rings. The molecule has 0 aliphatic heterocycles. The number of hydrogen-bond donors (Lipinski definition) is 0. The van der Waals surface area contributed by atoms with Crippen molar-refractivity contribution in [3.8, 4) is 6.07 Å². The molecule has 0 N–H and O–H groups in total. The molecule has 0 spiro atoms. The monoisotopic (exact) mass is 344 g/mol. The summed E-state index contributed by atoms with van der Waals surface area (Å²) in [5, 5.41) is 17.2. The van der Waals surface area contributed by atoms with Crippen molar-refractivity contribution in [2.75, 3.05) is 0 Å². The van der Waals surface area contributed by atoms with Gasteiger partial charge in [0.2, 0.25) is 0 Å². The number of benzene rings is 1. The van der Waals surface area contributed by atoms with Crippen LogP contribution in [0.5, 0.6) is 0 Å². The maximum atomic E-state index is 12.6. The summed E-state index contributed by atoms with van der Waals surface area (Å²) in [5.74, 6) is 0. The Morgan fingerprint density at radius 3 is 2.90 bits per heavy atom. The highest BCUT2D eigenvalue weighted by Gasteiger charge is 2.13. The number of fused-ring (bicyclic) bond motifs is 1. The molecule has 0 saturated carbocycles. The van der Waals surface area contributed by atoms with Crippen molar-refractivity contribution in [1.29, 1.82) is 5.26 Å². The normalized spacial score (nSPS) is 10.7. The van der Waals surface area contributed by atoms with Gasteiger partial charge in [0.15, 0.2) is 4.60 Å². The third-order valence-electron chi connectivity index (χ3n) is 3.19. The first kappa shape index (κ1) is 13.5. The van der Waals surface area contributed by atoms with Crippen molar-refractivity contribution >= 4 is 26.8 Å². The summed E-state index contributed by atoms with van der Waals surface area (Å²) < 4.78 is 3.59. The minimum atomic E-state index is -0.259. The maximum absolute atomic E-state index is 12.6. The zero-order valence-corrected chi connectivity index (χ0v) is 12.6. The molecular formula is C13H9BrN6O. The van der Waals surface area contributed by atoms with Crippen molar-refractivity contribution in [2.45, 2.75) is 6.54 Å². The molecule has 0 atom stereocenters. The summed E-state index contributed by atoms with van der Waals surface area (Å²) in [6.07, 6.45) is 1.46. The molecule has 0 saturated heterocycles. The summed E-state index contributed by atoms with van der Waals surface area (Å²) >= 11 is 3.29. The van der Waals surface area contributed by atoms with Gasteiger partial charge in [0.25, 0.3) is 5.56 Å². The summed E-state index contributed by atoms with van der Waals surface area (Å²) in [4.78, 5) is 16.8. The molecule has 1 aromatic carbocycles. The first-order chi connectivity index (χ1) is 10.1. The van der Waals surface area contributed by atoms with Crippen LogP contribution in [0.3, 0.4) is 0 Å². The number of aromatic nitrogens is 5. The molecule has 3 rings (SSSR count). The van der Waals surface area contributed by atoms with Gasteiger partial charge < -0.3 is 0 Å². The Balaban J connectivity index is 2.20. The van der Waals surface area contributed by atoms with Gasteiger partial charge in [-0.05, 0) is 28.1 Å². The van der Waals surface area contributed by atoms with Crippen LogP contribution in [0.1, 0.15) is 11.3 Å². The molecule has 0 bridgehead atoms. The molecule has 2 aromatic heterocycles. The van der Waals surface area contributed by atoms with Crippen LogP contribution in [-0.2, 0) is 13.6 Å². The first-order valence-corrected chi connectivity index (χ1v) is 6.83. The topological polar surface area (TPSA) is 89.4 Å². The minimum absolute atomic E-state index is 0.259. The fourth-order valence-electron chi connectivity index (χ4n) is 2.09. The van der Waals surface area contributed by atoms with E-state index in [1.54, 1.807) is 29.9 Å². The standard InChI is InChI=1S/C13H9BrN6O/c1-19-10(12(14)17-18-19)6-20-7-16-9-4-2-3-8(5-15)11(9)13(20)21/h2-4,7H,6H2,1H3. The molecular weight excluding hydrogens is 336 g/mol. The summed E-state index contributed by atoms with van der Waals surface area (Å²) in [6.45, 7) is 0.269. The van der Waals surface area contributed by atoms with Crippen molar-refractivity contribution < 1.29 is 0 Å². The summed E-state index contributed by atoms with van der Waals surface area (Å²) in [7, 11) is 1.74. The van der Waals surface area contributed by atoms with Crippen LogP contribution in [0.25, 0.3) is 10.9 Å². The van der Waals surface area contributed by atoms with Gasteiger partial charge in [0, 0.05) is 7.05 Å². The van der Waals surface area contributed by atoms with Gasteiger partial charge >= 0.3 is 0 Å². The minimum Gasteiger partial charge on any atom is -0.293 e. The molecule has 0 unspecified atom stereocenters. The van der Waals surface area contributed by atoms with E-state index in [2.05, 4.69) is 31.2 Å². The second-order valence-electron chi connectivity index (χ2n) is 4.44. The van der Waals surface area contributed by atoms with Gasteiger partial charge in [-0.3, -0.25) is 9.36 Å². The summed E-state index contributed by atoms with van der Waals surface area (Å²) in [5.41, 5.74) is 1.32. The number of hydrogen-bond acceptors (Lipinski definition) is 5. The zero-order chi connectivity index (χ0) is 15.0. The number of nitriles is 1. The molecule has 8 heteroatoms. The van der Waals surface area contributed by atoms with Gasteiger partial charge in [0.1, 0.15) is 6.07 Å². The lowest BCUT2D eigenvalue weighted by Gasteiger charge is -2.07. The quantitative estimate of drug-likeness (QED) is 0.696. The molecule has 0 aliphatic carbocycles. The zero-order valence-electron chi connectivity index (χ0n) is 11.0. The van der Waals surface area contributed by atoms with Gasteiger partial charge in [-0.15, -0.1) is 5.10 Å². The largest absolute Gasteiger partial charge is 0.293 e. The molecule has 7 nitrogen and oxygen atoms in total. The van der Waals surface area contributed by atoms with E-state index in [9.17, 15) is 4.79 Å². The van der Waals surface area contributed by atoms with Gasteiger partial charge in [0.05, 0.1) is 35.0 Å². The van der Waals surface area contributed by atoms with Crippen LogP contribution >= 0.6 is 15.9 Å². The lowest BCUT2D eigenvalue weighted by atomic mass is 10.1. The third-order valence-corrected chi connectivity index (χ3v) is 3.81. The Kier molecular flexibility index (Phi) is 3.27. The van der Waals surface area contributed by atoms with Crippen LogP contribution < -0.4 is 5.56 Å². The number of rotatable bonds is 2. The van der Waals surface area contributed by atoms with Crippen molar-refractivity contribution in [1.82, 2.24) is 24.5 Å². The second-order valence-corrected chi connectivity index (χ2v) is 5.19. The van der Waals surface area contributed by atoms with E-state index in [0.29, 0.717) is 21.1 Å². The van der Waals surface area contributed by atoms with Crippen LogP contribution in [-0.4, -0.2) is 24.5 Å². The van der Waals surface area contributed by atoms with Gasteiger partial charge in [-0.25, -0.2) is 9.67 Å². The molecule has 0 aliphatic rings. The molecule has 3 aromatic rings. The second kappa shape index (κ2) is 5.10. The van der Waals surface area contributed by atoms with Crippen LogP contribution in [0.2, 0.25) is 0 Å². The Hall–Kier alpha value is -2.53. The molecule has 2 heterocycles. The van der Waals surface area contributed by atoms with E-state index in [-0.39, 0.29) is 12.1 Å². The smallest absolute Gasteiger partial charge is 0.262 e. The van der Waals surface area contributed by atoms with Gasteiger partial charge in [-0.1, -0.05) is 11.3 Å². The predicted octanol–water partition coefficient (Wildman–Crippen LogP) is 1.21. The lowest BCUT2D eigenvalue weighted by molar-refractivity contribution is 0.635. The highest BCUT2D eigenvalue weighted by Crippen LogP contribution is 2.14. The maximum Gasteiger partial charge on any atom is 0.262 e. The Labute approximate surface area is 127 Å². The molecule has 21 heavy (non-hydrogen) atoms. The average molecular weight is 345 g/mol. The SMILES string of the molecule is Cn1nnc(Br)c1Cn1cnc2cccc(C#N)c2c1=O. The summed E-state index contributed by atoms with van der Waals surface area (Å²) in [6, 6.07) is 7.05. The Bertz CT molecular complexity index is 916. The van der Waals surface area contributed by atoms with Crippen LogP contribution in [0.4, 0.5) is 0 Å². The van der Waals surface area contributed by atoms with Crippen molar-refractivity contribution in [2.24, 2.45) is 7.05 Å². The van der Waals surface area contributed by atoms with E-state index >= 15 is 0 Å². The van der Waals surface area contributed by atoms with E-state index in [0.717, 1.165) is 5.69 Å².